The van der Waals surface area contributed by atoms with E-state index < -0.39 is 0 Å². The molecule has 0 atom stereocenters. The molecule has 18 heavy (non-hydrogen) atoms. The van der Waals surface area contributed by atoms with Crippen LogP contribution in [0.2, 0.25) is 0 Å². The SMILES string of the molecule is COCCNC(=O)N1CCC(n2ccnn2)CC1. The van der Waals surface area contributed by atoms with Crippen LogP contribution < -0.4 is 5.32 Å². The minimum Gasteiger partial charge on any atom is -0.383 e. The highest BCUT2D eigenvalue weighted by Gasteiger charge is 2.23. The summed E-state index contributed by atoms with van der Waals surface area (Å²) in [6.45, 7) is 2.60. The second-order valence-corrected chi connectivity index (χ2v) is 4.33. The van der Waals surface area contributed by atoms with E-state index in [4.69, 9.17) is 4.74 Å². The van der Waals surface area contributed by atoms with Gasteiger partial charge in [0.1, 0.15) is 0 Å². The van der Waals surface area contributed by atoms with Crippen molar-refractivity contribution in [2.45, 2.75) is 18.9 Å². The number of hydrogen-bond donors (Lipinski definition) is 1. The molecule has 1 fully saturated rings. The lowest BCUT2D eigenvalue weighted by Crippen LogP contribution is -2.45. The van der Waals surface area contributed by atoms with Gasteiger partial charge in [0, 0.05) is 32.9 Å². The van der Waals surface area contributed by atoms with E-state index in [1.165, 1.54) is 0 Å². The van der Waals surface area contributed by atoms with Crippen molar-refractivity contribution in [3.8, 4) is 0 Å². The molecule has 0 unspecified atom stereocenters. The van der Waals surface area contributed by atoms with E-state index in [-0.39, 0.29) is 6.03 Å². The van der Waals surface area contributed by atoms with Gasteiger partial charge in [-0.2, -0.15) is 0 Å². The molecule has 0 aliphatic carbocycles. The quantitative estimate of drug-likeness (QED) is 0.782. The van der Waals surface area contributed by atoms with Crippen molar-refractivity contribution in [1.29, 1.82) is 0 Å². The Morgan fingerprint density at radius 3 is 2.89 bits per heavy atom. The van der Waals surface area contributed by atoms with E-state index in [9.17, 15) is 4.79 Å². The fourth-order valence-electron chi connectivity index (χ4n) is 2.12. The molecular weight excluding hydrogens is 234 g/mol. The lowest BCUT2D eigenvalue weighted by molar-refractivity contribution is 0.160. The van der Waals surface area contributed by atoms with Crippen LogP contribution in [0.3, 0.4) is 0 Å². The lowest BCUT2D eigenvalue weighted by Gasteiger charge is -2.31. The predicted octanol–water partition coefficient (Wildman–Crippen LogP) is 0.271. The first-order valence-electron chi connectivity index (χ1n) is 6.19. The normalized spacial score (nSPS) is 16.8. The smallest absolute Gasteiger partial charge is 0.317 e. The molecular formula is C11H19N5O2. The fraction of sp³-hybridized carbons (Fsp3) is 0.727. The summed E-state index contributed by atoms with van der Waals surface area (Å²) in [6.07, 6.45) is 5.39. The molecule has 0 radical (unpaired) electrons. The number of methoxy groups -OCH3 is 1. The molecule has 2 rings (SSSR count). The molecule has 0 spiro atoms. The molecule has 1 aliphatic rings. The minimum absolute atomic E-state index is 0.0101. The molecule has 0 saturated carbocycles. The molecule has 7 nitrogen and oxygen atoms in total. The van der Waals surface area contributed by atoms with Crippen molar-refractivity contribution < 1.29 is 9.53 Å². The number of urea groups is 1. The highest BCUT2D eigenvalue weighted by atomic mass is 16.5. The van der Waals surface area contributed by atoms with Gasteiger partial charge in [0.15, 0.2) is 0 Å². The summed E-state index contributed by atoms with van der Waals surface area (Å²) in [5.74, 6) is 0. The Hall–Kier alpha value is -1.63. The van der Waals surface area contributed by atoms with Gasteiger partial charge in [-0.1, -0.05) is 5.21 Å². The second kappa shape index (κ2) is 6.34. The number of piperidine rings is 1. The minimum atomic E-state index is -0.0101. The number of amides is 2. The van der Waals surface area contributed by atoms with Crippen LogP contribution in [0.4, 0.5) is 4.79 Å². The topological polar surface area (TPSA) is 72.3 Å². The Morgan fingerprint density at radius 1 is 1.50 bits per heavy atom. The first-order valence-corrected chi connectivity index (χ1v) is 6.19. The fourth-order valence-corrected chi connectivity index (χ4v) is 2.12. The van der Waals surface area contributed by atoms with E-state index in [0.717, 1.165) is 25.9 Å². The Labute approximate surface area is 106 Å². The van der Waals surface area contributed by atoms with Gasteiger partial charge < -0.3 is 15.0 Å². The van der Waals surface area contributed by atoms with Gasteiger partial charge in [-0.3, -0.25) is 0 Å². The van der Waals surface area contributed by atoms with Gasteiger partial charge in [0.2, 0.25) is 0 Å². The Balaban J connectivity index is 1.74. The number of rotatable bonds is 4. The van der Waals surface area contributed by atoms with Crippen LogP contribution in [-0.2, 0) is 4.74 Å². The van der Waals surface area contributed by atoms with Gasteiger partial charge in [-0.05, 0) is 12.8 Å². The van der Waals surface area contributed by atoms with Gasteiger partial charge in [-0.25, -0.2) is 9.48 Å². The van der Waals surface area contributed by atoms with E-state index in [1.54, 1.807) is 13.3 Å². The van der Waals surface area contributed by atoms with Crippen LogP contribution in [0, 0.1) is 0 Å². The zero-order valence-electron chi connectivity index (χ0n) is 10.6. The standard InChI is InChI=1S/C11H19N5O2/c1-18-9-5-12-11(17)15-6-2-10(3-7-15)16-8-4-13-14-16/h4,8,10H,2-3,5-7,9H2,1H3,(H,12,17). The Morgan fingerprint density at radius 2 is 2.28 bits per heavy atom. The summed E-state index contributed by atoms with van der Waals surface area (Å²) in [5.41, 5.74) is 0. The summed E-state index contributed by atoms with van der Waals surface area (Å²) in [4.78, 5) is 13.6. The summed E-state index contributed by atoms with van der Waals surface area (Å²) in [5, 5.41) is 10.6. The van der Waals surface area contributed by atoms with E-state index >= 15 is 0 Å². The van der Waals surface area contributed by atoms with Crippen LogP contribution >= 0.6 is 0 Å². The molecule has 2 heterocycles. The van der Waals surface area contributed by atoms with Crippen LogP contribution in [0.25, 0.3) is 0 Å². The molecule has 1 aromatic heterocycles. The first-order chi connectivity index (χ1) is 8.81. The van der Waals surface area contributed by atoms with Gasteiger partial charge in [0.25, 0.3) is 0 Å². The number of nitrogens with zero attached hydrogens (tertiary/aromatic N) is 4. The van der Waals surface area contributed by atoms with Crippen molar-refractivity contribution in [3.05, 3.63) is 12.4 Å². The number of carbonyl (C=O) groups is 1. The van der Waals surface area contributed by atoms with E-state index in [1.807, 2.05) is 15.8 Å². The van der Waals surface area contributed by atoms with Crippen molar-refractivity contribution in [1.82, 2.24) is 25.2 Å². The number of nitrogens with one attached hydrogen (secondary N) is 1. The highest BCUT2D eigenvalue weighted by molar-refractivity contribution is 5.74. The lowest BCUT2D eigenvalue weighted by atomic mass is 10.1. The predicted molar refractivity (Wildman–Crippen MR) is 65.1 cm³/mol. The molecule has 0 bridgehead atoms. The summed E-state index contributed by atoms with van der Waals surface area (Å²) < 4.78 is 6.77. The maximum Gasteiger partial charge on any atom is 0.317 e. The van der Waals surface area contributed by atoms with Crippen molar-refractivity contribution in [3.63, 3.8) is 0 Å². The number of likely N-dealkylation sites (tertiary alicyclic amines) is 1. The Kier molecular flexibility index (Phi) is 4.52. The molecule has 2 amide bonds. The summed E-state index contributed by atoms with van der Waals surface area (Å²) >= 11 is 0. The van der Waals surface area contributed by atoms with Gasteiger partial charge >= 0.3 is 6.03 Å². The van der Waals surface area contributed by atoms with Crippen LogP contribution in [0.1, 0.15) is 18.9 Å². The molecule has 0 aromatic carbocycles. The average Bonchev–Trinajstić information content (AvgIpc) is 2.93. The van der Waals surface area contributed by atoms with Gasteiger partial charge in [0.05, 0.1) is 18.8 Å². The molecule has 7 heteroatoms. The molecule has 1 aliphatic heterocycles. The largest absolute Gasteiger partial charge is 0.383 e. The monoisotopic (exact) mass is 253 g/mol. The van der Waals surface area contributed by atoms with Crippen LogP contribution in [-0.4, -0.2) is 59.3 Å². The number of hydrogen-bond acceptors (Lipinski definition) is 4. The molecule has 1 N–H and O–H groups in total. The molecule has 100 valence electrons. The maximum atomic E-state index is 11.8. The molecule has 1 aromatic rings. The van der Waals surface area contributed by atoms with Gasteiger partial charge in [-0.15, -0.1) is 5.10 Å². The number of ether oxygens (including phenoxy) is 1. The first kappa shape index (κ1) is 12.8. The zero-order chi connectivity index (χ0) is 12.8. The van der Waals surface area contributed by atoms with E-state index in [2.05, 4.69) is 15.6 Å². The zero-order valence-corrected chi connectivity index (χ0v) is 10.6. The number of aromatic nitrogens is 3. The van der Waals surface area contributed by atoms with Crippen molar-refractivity contribution in [2.75, 3.05) is 33.4 Å². The number of carbonyl (C=O) groups excluding carboxylic acids is 1. The third kappa shape index (κ3) is 3.19. The molecule has 1 saturated heterocycles. The van der Waals surface area contributed by atoms with Crippen molar-refractivity contribution >= 4 is 6.03 Å². The average molecular weight is 253 g/mol. The van der Waals surface area contributed by atoms with Crippen LogP contribution in [0.5, 0.6) is 0 Å². The maximum absolute atomic E-state index is 11.8. The second-order valence-electron chi connectivity index (χ2n) is 4.33. The van der Waals surface area contributed by atoms with Crippen LogP contribution in [0.15, 0.2) is 12.4 Å². The Bertz CT molecular complexity index is 360. The van der Waals surface area contributed by atoms with E-state index in [0.29, 0.717) is 19.2 Å². The summed E-state index contributed by atoms with van der Waals surface area (Å²) in [7, 11) is 1.62. The summed E-state index contributed by atoms with van der Waals surface area (Å²) in [6, 6.07) is 0.347. The van der Waals surface area contributed by atoms with Crippen molar-refractivity contribution in [2.24, 2.45) is 0 Å². The highest BCUT2D eigenvalue weighted by Crippen LogP contribution is 2.20. The third-order valence-corrected chi connectivity index (χ3v) is 3.15. The third-order valence-electron chi connectivity index (χ3n) is 3.15.